The van der Waals surface area contributed by atoms with Crippen molar-refractivity contribution >= 4 is 23.2 Å². The smallest absolute Gasteiger partial charge is 0.228 e. The van der Waals surface area contributed by atoms with Gasteiger partial charge in [0, 0.05) is 43.9 Å². The molecule has 142 valence electrons. The molecule has 0 aliphatic carbocycles. The van der Waals surface area contributed by atoms with Crippen LogP contribution in [0.2, 0.25) is 0 Å². The van der Waals surface area contributed by atoms with Crippen molar-refractivity contribution in [3.8, 4) is 11.5 Å². The fourth-order valence-electron chi connectivity index (χ4n) is 3.40. The molecule has 1 aliphatic rings. The van der Waals surface area contributed by atoms with Crippen LogP contribution in [-0.2, 0) is 16.0 Å². The van der Waals surface area contributed by atoms with E-state index in [0.29, 0.717) is 30.3 Å². The molecule has 0 radical (unpaired) electrons. The lowest BCUT2D eigenvalue weighted by Crippen LogP contribution is -2.35. The van der Waals surface area contributed by atoms with Gasteiger partial charge in [-0.3, -0.25) is 9.59 Å². The van der Waals surface area contributed by atoms with Crippen LogP contribution in [0, 0.1) is 0 Å². The van der Waals surface area contributed by atoms with Crippen molar-refractivity contribution in [3.05, 3.63) is 48.0 Å². The minimum atomic E-state index is -0.128. The summed E-state index contributed by atoms with van der Waals surface area (Å²) in [5.41, 5.74) is 2.84. The van der Waals surface area contributed by atoms with Gasteiger partial charge in [0.15, 0.2) is 11.5 Å². The summed E-state index contributed by atoms with van der Waals surface area (Å²) in [6.07, 6.45) is 1.12. The van der Waals surface area contributed by atoms with Gasteiger partial charge in [0.2, 0.25) is 11.8 Å². The van der Waals surface area contributed by atoms with Gasteiger partial charge in [-0.2, -0.15) is 0 Å². The maximum Gasteiger partial charge on any atom is 0.228 e. The standard InChI is InChI=1S/C21H24N2O4/c1-15(24)22(17-8-9-19(26-2)20(14-17)27-3)13-11-21(25)23-12-10-16-6-4-5-7-18(16)23/h4-9,14H,10-13H2,1-3H3. The first kappa shape index (κ1) is 18.8. The average molecular weight is 368 g/mol. The molecule has 0 saturated carbocycles. The summed E-state index contributed by atoms with van der Waals surface area (Å²) in [7, 11) is 3.11. The SMILES string of the molecule is COc1ccc(N(CCC(=O)N2CCc3ccccc32)C(C)=O)cc1OC. The second kappa shape index (κ2) is 8.12. The first-order valence-electron chi connectivity index (χ1n) is 8.93. The quantitative estimate of drug-likeness (QED) is 0.786. The zero-order valence-electron chi connectivity index (χ0n) is 15.9. The van der Waals surface area contributed by atoms with Gasteiger partial charge in [-0.1, -0.05) is 18.2 Å². The van der Waals surface area contributed by atoms with Crippen molar-refractivity contribution in [1.29, 1.82) is 0 Å². The zero-order chi connectivity index (χ0) is 19.4. The molecular formula is C21H24N2O4. The van der Waals surface area contributed by atoms with E-state index in [1.807, 2.05) is 29.2 Å². The number of hydrogen-bond acceptors (Lipinski definition) is 4. The summed E-state index contributed by atoms with van der Waals surface area (Å²) < 4.78 is 10.6. The van der Waals surface area contributed by atoms with Crippen molar-refractivity contribution < 1.29 is 19.1 Å². The lowest BCUT2D eigenvalue weighted by Gasteiger charge is -2.24. The number of anilines is 2. The van der Waals surface area contributed by atoms with Gasteiger partial charge >= 0.3 is 0 Å². The van der Waals surface area contributed by atoms with Crippen molar-refractivity contribution in [2.75, 3.05) is 37.1 Å². The van der Waals surface area contributed by atoms with Crippen molar-refractivity contribution in [2.24, 2.45) is 0 Å². The van der Waals surface area contributed by atoms with Crippen LogP contribution < -0.4 is 19.3 Å². The molecule has 3 rings (SSSR count). The van der Waals surface area contributed by atoms with E-state index in [2.05, 4.69) is 0 Å². The van der Waals surface area contributed by atoms with Gasteiger partial charge in [-0.15, -0.1) is 0 Å². The highest BCUT2D eigenvalue weighted by Crippen LogP contribution is 2.32. The molecule has 0 unspecified atom stereocenters. The number of carbonyl (C=O) groups is 2. The number of para-hydroxylation sites is 1. The summed E-state index contributed by atoms with van der Waals surface area (Å²) in [5, 5.41) is 0. The van der Waals surface area contributed by atoms with E-state index in [-0.39, 0.29) is 18.2 Å². The van der Waals surface area contributed by atoms with Crippen molar-refractivity contribution in [3.63, 3.8) is 0 Å². The molecule has 0 aromatic heterocycles. The van der Waals surface area contributed by atoms with Crippen LogP contribution in [0.15, 0.2) is 42.5 Å². The third kappa shape index (κ3) is 3.89. The third-order valence-electron chi connectivity index (χ3n) is 4.80. The summed E-state index contributed by atoms with van der Waals surface area (Å²) in [6.45, 7) is 2.49. The summed E-state index contributed by atoms with van der Waals surface area (Å²) >= 11 is 0. The molecule has 2 amide bonds. The van der Waals surface area contributed by atoms with Crippen LogP contribution in [0.1, 0.15) is 18.9 Å². The Morgan fingerprint density at radius 3 is 2.52 bits per heavy atom. The first-order chi connectivity index (χ1) is 13.0. The van der Waals surface area contributed by atoms with E-state index in [0.717, 1.165) is 12.1 Å². The van der Waals surface area contributed by atoms with E-state index in [1.165, 1.54) is 12.5 Å². The van der Waals surface area contributed by atoms with E-state index in [4.69, 9.17) is 9.47 Å². The largest absolute Gasteiger partial charge is 0.493 e. The number of fused-ring (bicyclic) bond motifs is 1. The predicted octanol–water partition coefficient (Wildman–Crippen LogP) is 3.04. The van der Waals surface area contributed by atoms with Crippen molar-refractivity contribution in [2.45, 2.75) is 19.8 Å². The van der Waals surface area contributed by atoms with E-state index in [9.17, 15) is 9.59 Å². The van der Waals surface area contributed by atoms with Crippen LogP contribution in [0.3, 0.4) is 0 Å². The van der Waals surface area contributed by atoms with Gasteiger partial charge in [0.25, 0.3) is 0 Å². The Kier molecular flexibility index (Phi) is 5.64. The minimum Gasteiger partial charge on any atom is -0.493 e. The number of carbonyl (C=O) groups excluding carboxylic acids is 2. The Bertz CT molecular complexity index is 850. The lowest BCUT2D eigenvalue weighted by molar-refractivity contribution is -0.118. The Morgan fingerprint density at radius 1 is 1.07 bits per heavy atom. The molecule has 0 spiro atoms. The van der Waals surface area contributed by atoms with Gasteiger partial charge in [-0.25, -0.2) is 0 Å². The molecule has 6 heteroatoms. The fraction of sp³-hybridized carbons (Fsp3) is 0.333. The number of hydrogen-bond donors (Lipinski definition) is 0. The summed E-state index contributed by atoms with van der Waals surface area (Å²) in [6, 6.07) is 13.2. The van der Waals surface area contributed by atoms with Gasteiger partial charge in [-0.05, 0) is 30.2 Å². The number of benzene rings is 2. The second-order valence-electron chi connectivity index (χ2n) is 6.38. The Balaban J connectivity index is 1.73. The van der Waals surface area contributed by atoms with Gasteiger partial charge in [0.1, 0.15) is 0 Å². The number of rotatable bonds is 6. The highest BCUT2D eigenvalue weighted by atomic mass is 16.5. The number of methoxy groups -OCH3 is 2. The number of amides is 2. The molecule has 0 atom stereocenters. The zero-order valence-corrected chi connectivity index (χ0v) is 15.9. The highest BCUT2D eigenvalue weighted by Gasteiger charge is 2.25. The van der Waals surface area contributed by atoms with Crippen LogP contribution in [0.5, 0.6) is 11.5 Å². The first-order valence-corrected chi connectivity index (χ1v) is 8.93. The molecular weight excluding hydrogens is 344 g/mol. The van der Waals surface area contributed by atoms with E-state index >= 15 is 0 Å². The Morgan fingerprint density at radius 2 is 1.81 bits per heavy atom. The Hall–Kier alpha value is -3.02. The maximum atomic E-state index is 12.7. The van der Waals surface area contributed by atoms with Gasteiger partial charge in [0.05, 0.1) is 14.2 Å². The number of ether oxygens (including phenoxy) is 2. The molecule has 0 fully saturated rings. The Labute approximate surface area is 159 Å². The summed E-state index contributed by atoms with van der Waals surface area (Å²) in [5.74, 6) is 1.03. The molecule has 6 nitrogen and oxygen atoms in total. The average Bonchev–Trinajstić information content (AvgIpc) is 3.11. The predicted molar refractivity (Wildman–Crippen MR) is 105 cm³/mol. The monoisotopic (exact) mass is 368 g/mol. The van der Waals surface area contributed by atoms with Crippen molar-refractivity contribution in [1.82, 2.24) is 0 Å². The normalized spacial score (nSPS) is 12.5. The molecule has 2 aromatic carbocycles. The lowest BCUT2D eigenvalue weighted by atomic mass is 10.2. The van der Waals surface area contributed by atoms with Crippen LogP contribution >= 0.6 is 0 Å². The highest BCUT2D eigenvalue weighted by molar-refractivity contribution is 5.97. The van der Waals surface area contributed by atoms with Gasteiger partial charge < -0.3 is 19.3 Å². The maximum absolute atomic E-state index is 12.7. The fourth-order valence-corrected chi connectivity index (χ4v) is 3.40. The van der Waals surface area contributed by atoms with Crippen LogP contribution in [-0.4, -0.2) is 39.1 Å². The third-order valence-corrected chi connectivity index (χ3v) is 4.80. The molecule has 1 aliphatic heterocycles. The number of nitrogens with zero attached hydrogens (tertiary/aromatic N) is 2. The second-order valence-corrected chi connectivity index (χ2v) is 6.38. The molecule has 27 heavy (non-hydrogen) atoms. The summed E-state index contributed by atoms with van der Waals surface area (Å²) in [4.78, 5) is 28.3. The molecule has 2 aromatic rings. The molecule has 0 N–H and O–H groups in total. The van der Waals surface area contributed by atoms with E-state index < -0.39 is 0 Å². The topological polar surface area (TPSA) is 59.1 Å². The molecule has 0 bridgehead atoms. The molecule has 0 saturated heterocycles. The van der Waals surface area contributed by atoms with Crippen LogP contribution in [0.4, 0.5) is 11.4 Å². The minimum absolute atomic E-state index is 0.0201. The van der Waals surface area contributed by atoms with E-state index in [1.54, 1.807) is 37.3 Å². The van der Waals surface area contributed by atoms with Crippen LogP contribution in [0.25, 0.3) is 0 Å². The molecule has 1 heterocycles.